The number of halogens is 2. The first-order valence-electron chi connectivity index (χ1n) is 8.79. The number of aliphatic hydroxyl groups is 1. The minimum atomic E-state index is -0.135. The van der Waals surface area contributed by atoms with Crippen LogP contribution in [0.15, 0.2) is 44.6 Å². The van der Waals surface area contributed by atoms with Crippen molar-refractivity contribution in [2.45, 2.75) is 33.6 Å². The average Bonchev–Trinajstić information content (AvgIpc) is 2.57. The molecule has 0 heterocycles. The fraction of sp³-hybridized carbons (Fsp3) is 0.450. The SMILES string of the molecule is CCNC(=O)COc1cc(Br)c(CC2C=CC(O)=C(C(C)C)C2)c(Br)c1. The zero-order chi connectivity index (χ0) is 19.3. The van der Waals surface area contributed by atoms with E-state index in [2.05, 4.69) is 57.1 Å². The van der Waals surface area contributed by atoms with E-state index in [4.69, 9.17) is 4.74 Å². The molecule has 2 N–H and O–H groups in total. The number of aliphatic hydroxyl groups excluding tert-OH is 1. The number of carbonyl (C=O) groups excluding carboxylic acids is 1. The second-order valence-electron chi connectivity index (χ2n) is 6.70. The largest absolute Gasteiger partial charge is 0.508 e. The van der Waals surface area contributed by atoms with Crippen molar-refractivity contribution >= 4 is 37.8 Å². The van der Waals surface area contributed by atoms with Crippen molar-refractivity contribution in [3.05, 3.63) is 50.1 Å². The molecule has 0 aliphatic heterocycles. The van der Waals surface area contributed by atoms with Crippen LogP contribution in [0.2, 0.25) is 0 Å². The third kappa shape index (κ3) is 5.61. The molecule has 1 aliphatic carbocycles. The highest BCUT2D eigenvalue weighted by Gasteiger charge is 2.21. The standard InChI is InChI=1S/C20H25Br2NO3/c1-4-23-20(25)11-26-14-9-17(21)16(18(22)10-14)8-13-5-6-19(24)15(7-13)12(2)3/h5-6,9-10,12-13,24H,4,7-8,11H2,1-3H3,(H,23,25). The number of allylic oxidation sites excluding steroid dienone is 3. The molecule has 0 saturated carbocycles. The molecule has 6 heteroatoms. The molecule has 1 unspecified atom stereocenters. The van der Waals surface area contributed by atoms with Gasteiger partial charge in [-0.1, -0.05) is 51.8 Å². The Kier molecular flexibility index (Phi) is 7.77. The van der Waals surface area contributed by atoms with E-state index >= 15 is 0 Å². The van der Waals surface area contributed by atoms with Gasteiger partial charge >= 0.3 is 0 Å². The van der Waals surface area contributed by atoms with Gasteiger partial charge in [-0.25, -0.2) is 0 Å². The molecule has 4 nitrogen and oxygen atoms in total. The highest BCUT2D eigenvalue weighted by molar-refractivity contribution is 9.11. The lowest BCUT2D eigenvalue weighted by Crippen LogP contribution is -2.28. The van der Waals surface area contributed by atoms with Gasteiger partial charge in [0.2, 0.25) is 0 Å². The molecular formula is C20H25Br2NO3. The first kappa shape index (κ1) is 21.0. The van der Waals surface area contributed by atoms with Gasteiger partial charge < -0.3 is 15.2 Å². The van der Waals surface area contributed by atoms with Gasteiger partial charge in [-0.2, -0.15) is 0 Å². The molecule has 1 aromatic rings. The number of likely N-dealkylation sites (N-methyl/N-ethyl adjacent to an activating group) is 1. The Morgan fingerprint density at radius 3 is 2.58 bits per heavy atom. The Morgan fingerprint density at radius 2 is 2.00 bits per heavy atom. The number of amides is 1. The minimum Gasteiger partial charge on any atom is -0.508 e. The van der Waals surface area contributed by atoms with Gasteiger partial charge in [-0.3, -0.25) is 4.79 Å². The summed E-state index contributed by atoms with van der Waals surface area (Å²) in [5, 5.41) is 12.7. The van der Waals surface area contributed by atoms with Crippen molar-refractivity contribution in [1.29, 1.82) is 0 Å². The van der Waals surface area contributed by atoms with Crippen LogP contribution in [-0.4, -0.2) is 24.2 Å². The third-order valence-electron chi connectivity index (χ3n) is 4.36. The molecule has 0 fully saturated rings. The van der Waals surface area contributed by atoms with Crippen molar-refractivity contribution in [3.8, 4) is 5.75 Å². The molecule has 1 amide bonds. The maximum absolute atomic E-state index is 11.5. The van der Waals surface area contributed by atoms with Crippen molar-refractivity contribution < 1.29 is 14.6 Å². The van der Waals surface area contributed by atoms with Crippen LogP contribution in [0.25, 0.3) is 0 Å². The summed E-state index contributed by atoms with van der Waals surface area (Å²) in [5.74, 6) is 1.57. The molecule has 0 spiro atoms. The quantitative estimate of drug-likeness (QED) is 0.548. The van der Waals surface area contributed by atoms with Gasteiger partial charge in [-0.05, 0) is 60.9 Å². The summed E-state index contributed by atoms with van der Waals surface area (Å²) < 4.78 is 7.44. The number of ether oxygens (including phenoxy) is 1. The normalized spacial score (nSPS) is 16.9. The zero-order valence-electron chi connectivity index (χ0n) is 15.3. The van der Waals surface area contributed by atoms with E-state index in [0.717, 1.165) is 32.9 Å². The summed E-state index contributed by atoms with van der Waals surface area (Å²) in [6.07, 6.45) is 5.58. The maximum atomic E-state index is 11.5. The van der Waals surface area contributed by atoms with Crippen molar-refractivity contribution in [2.75, 3.05) is 13.2 Å². The summed E-state index contributed by atoms with van der Waals surface area (Å²) in [4.78, 5) is 11.5. The molecule has 1 aromatic carbocycles. The Morgan fingerprint density at radius 1 is 1.35 bits per heavy atom. The molecule has 0 aromatic heterocycles. The van der Waals surface area contributed by atoms with E-state index in [-0.39, 0.29) is 12.5 Å². The molecule has 142 valence electrons. The predicted octanol–water partition coefficient (Wildman–Crippen LogP) is 5.31. The second-order valence-corrected chi connectivity index (χ2v) is 8.41. The first-order valence-corrected chi connectivity index (χ1v) is 10.4. The highest BCUT2D eigenvalue weighted by Crippen LogP contribution is 2.36. The zero-order valence-corrected chi connectivity index (χ0v) is 18.5. The Labute approximate surface area is 172 Å². The van der Waals surface area contributed by atoms with Crippen LogP contribution in [0.3, 0.4) is 0 Å². The number of hydrogen-bond acceptors (Lipinski definition) is 3. The molecule has 1 aliphatic rings. The Balaban J connectivity index is 2.07. The maximum Gasteiger partial charge on any atom is 0.257 e. The van der Waals surface area contributed by atoms with Gasteiger partial charge in [0.05, 0.1) is 0 Å². The first-order chi connectivity index (χ1) is 12.3. The molecule has 26 heavy (non-hydrogen) atoms. The Bertz CT molecular complexity index is 703. The van der Waals surface area contributed by atoms with Crippen molar-refractivity contribution in [3.63, 3.8) is 0 Å². The van der Waals surface area contributed by atoms with Crippen LogP contribution in [0, 0.1) is 11.8 Å². The van der Waals surface area contributed by atoms with Gasteiger partial charge in [-0.15, -0.1) is 0 Å². The van der Waals surface area contributed by atoms with E-state index in [1.54, 1.807) is 0 Å². The van der Waals surface area contributed by atoms with E-state index in [9.17, 15) is 9.90 Å². The summed E-state index contributed by atoms with van der Waals surface area (Å²) in [6, 6.07) is 3.78. The van der Waals surface area contributed by atoms with Gasteiger partial charge in [0.25, 0.3) is 5.91 Å². The van der Waals surface area contributed by atoms with Gasteiger partial charge in [0, 0.05) is 15.5 Å². The second kappa shape index (κ2) is 9.60. The van der Waals surface area contributed by atoms with Crippen LogP contribution in [0.5, 0.6) is 5.75 Å². The van der Waals surface area contributed by atoms with E-state index in [0.29, 0.717) is 29.9 Å². The van der Waals surface area contributed by atoms with Crippen LogP contribution in [0.4, 0.5) is 0 Å². The summed E-state index contributed by atoms with van der Waals surface area (Å²) in [5.41, 5.74) is 2.25. The molecule has 0 saturated heterocycles. The molecule has 1 atom stereocenters. The summed E-state index contributed by atoms with van der Waals surface area (Å²) >= 11 is 7.24. The monoisotopic (exact) mass is 485 g/mol. The fourth-order valence-electron chi connectivity index (χ4n) is 2.98. The van der Waals surface area contributed by atoms with E-state index < -0.39 is 0 Å². The average molecular weight is 487 g/mol. The fourth-order valence-corrected chi connectivity index (χ4v) is 4.45. The smallest absolute Gasteiger partial charge is 0.257 e. The topological polar surface area (TPSA) is 58.6 Å². The van der Waals surface area contributed by atoms with Crippen LogP contribution in [-0.2, 0) is 11.2 Å². The molecule has 0 radical (unpaired) electrons. The number of hydrogen-bond donors (Lipinski definition) is 2. The number of carbonyl (C=O) groups is 1. The molecule has 0 bridgehead atoms. The van der Waals surface area contributed by atoms with Crippen LogP contribution >= 0.6 is 31.9 Å². The highest BCUT2D eigenvalue weighted by atomic mass is 79.9. The van der Waals surface area contributed by atoms with Crippen molar-refractivity contribution in [2.24, 2.45) is 11.8 Å². The van der Waals surface area contributed by atoms with Gasteiger partial charge in [0.15, 0.2) is 6.61 Å². The molecular weight excluding hydrogens is 462 g/mol. The number of benzene rings is 1. The lowest BCUT2D eigenvalue weighted by molar-refractivity contribution is -0.122. The van der Waals surface area contributed by atoms with Crippen LogP contribution in [0.1, 0.15) is 32.8 Å². The molecule has 2 rings (SSSR count). The minimum absolute atomic E-state index is 0.000745. The lowest BCUT2D eigenvalue weighted by atomic mass is 9.84. The number of rotatable bonds is 7. The lowest BCUT2D eigenvalue weighted by Gasteiger charge is -2.23. The summed E-state index contributed by atoms with van der Waals surface area (Å²) in [6.45, 7) is 6.67. The number of nitrogens with one attached hydrogen (secondary N) is 1. The predicted molar refractivity (Wildman–Crippen MR) is 111 cm³/mol. The van der Waals surface area contributed by atoms with Crippen molar-refractivity contribution in [1.82, 2.24) is 5.32 Å². The van der Waals surface area contributed by atoms with E-state index in [1.807, 2.05) is 25.1 Å². The Hall–Kier alpha value is -1.27. The van der Waals surface area contributed by atoms with Crippen LogP contribution < -0.4 is 10.1 Å². The van der Waals surface area contributed by atoms with E-state index in [1.165, 1.54) is 0 Å². The third-order valence-corrected chi connectivity index (χ3v) is 5.77. The van der Waals surface area contributed by atoms with Gasteiger partial charge in [0.1, 0.15) is 11.5 Å². The summed E-state index contributed by atoms with van der Waals surface area (Å²) in [7, 11) is 0.